The summed E-state index contributed by atoms with van der Waals surface area (Å²) < 4.78 is 66.7. The van der Waals surface area contributed by atoms with Gasteiger partial charge in [-0.15, -0.1) is 0 Å². The van der Waals surface area contributed by atoms with Gasteiger partial charge in [-0.3, -0.25) is 14.2 Å². The maximum absolute atomic E-state index is 13.4. The number of aromatic nitrogens is 4. The zero-order valence-electron chi connectivity index (χ0n) is 21.0. The van der Waals surface area contributed by atoms with Gasteiger partial charge in [0, 0.05) is 42.7 Å². The van der Waals surface area contributed by atoms with Crippen LogP contribution in [-0.4, -0.2) is 51.2 Å². The number of halogens is 4. The Morgan fingerprint density at radius 1 is 1.23 bits per heavy atom. The fraction of sp³-hybridized carbons (Fsp3) is 0.308. The highest BCUT2D eigenvalue weighted by Gasteiger charge is 2.58. The van der Waals surface area contributed by atoms with Crippen molar-refractivity contribution in [3.63, 3.8) is 0 Å². The zero-order valence-corrected chi connectivity index (χ0v) is 21.0. The second-order valence-corrected chi connectivity index (χ2v) is 9.01. The molecule has 13 heteroatoms. The Balaban J connectivity index is 1.66. The summed E-state index contributed by atoms with van der Waals surface area (Å²) >= 11 is 0. The topological polar surface area (TPSA) is 107 Å². The van der Waals surface area contributed by atoms with E-state index in [0.717, 1.165) is 5.56 Å². The first kappa shape index (κ1) is 26.0. The lowest BCUT2D eigenvalue weighted by atomic mass is 9.97. The lowest BCUT2D eigenvalue weighted by Crippen LogP contribution is -2.30. The molecule has 1 aliphatic rings. The number of carbonyl (C=O) groups is 1. The quantitative estimate of drug-likeness (QED) is 0.322. The van der Waals surface area contributed by atoms with Gasteiger partial charge in [0.05, 0.1) is 42.2 Å². The van der Waals surface area contributed by atoms with Crippen molar-refractivity contribution in [3.8, 4) is 40.0 Å². The molecule has 1 aliphatic carbocycles. The number of carbonyl (C=O) groups excluding carboxylic acids is 1. The molecule has 1 fully saturated rings. The number of hydrogen-bond acceptors (Lipinski definition) is 6. The Bertz CT molecular complexity index is 1640. The van der Waals surface area contributed by atoms with Crippen LogP contribution in [0.1, 0.15) is 29.3 Å². The van der Waals surface area contributed by atoms with E-state index in [-0.39, 0.29) is 16.9 Å². The third-order valence-electron chi connectivity index (χ3n) is 6.48. The van der Waals surface area contributed by atoms with Crippen molar-refractivity contribution < 1.29 is 31.8 Å². The largest absolute Gasteiger partial charge is 0.496 e. The molecule has 1 N–H and O–H groups in total. The number of benzene rings is 2. The van der Waals surface area contributed by atoms with Crippen molar-refractivity contribution in [1.82, 2.24) is 24.9 Å². The second-order valence-electron chi connectivity index (χ2n) is 9.01. The van der Waals surface area contributed by atoms with Crippen molar-refractivity contribution in [2.45, 2.75) is 38.5 Å². The molecule has 0 saturated heterocycles. The third-order valence-corrected chi connectivity index (χ3v) is 6.48. The number of ether oxygens (including phenoxy) is 2. The van der Waals surface area contributed by atoms with E-state index in [0.29, 0.717) is 28.7 Å². The van der Waals surface area contributed by atoms with Crippen LogP contribution < -0.4 is 14.8 Å². The maximum Gasteiger partial charge on any atom is 0.387 e. The summed E-state index contributed by atoms with van der Waals surface area (Å²) in [7, 11) is 2.82. The van der Waals surface area contributed by atoms with E-state index in [1.165, 1.54) is 23.9 Å². The molecule has 5 rings (SSSR count). The summed E-state index contributed by atoms with van der Waals surface area (Å²) in [6.07, 6.45) is 2.96. The summed E-state index contributed by atoms with van der Waals surface area (Å²) in [5.41, 5.74) is 2.40. The highest BCUT2D eigenvalue weighted by atomic mass is 19.3. The molecule has 4 aromatic rings. The number of rotatable bonds is 8. The number of nitrogens with one attached hydrogen (secondary N) is 1. The van der Waals surface area contributed by atoms with E-state index < -0.39 is 42.2 Å². The average Bonchev–Trinajstić information content (AvgIpc) is 3.22. The fourth-order valence-corrected chi connectivity index (χ4v) is 4.50. The van der Waals surface area contributed by atoms with Crippen LogP contribution in [0.3, 0.4) is 0 Å². The molecule has 9 nitrogen and oxygen atoms in total. The van der Waals surface area contributed by atoms with Crippen molar-refractivity contribution in [2.75, 3.05) is 7.11 Å². The molecule has 0 radical (unpaired) electrons. The van der Waals surface area contributed by atoms with Crippen LogP contribution in [0.25, 0.3) is 33.3 Å². The van der Waals surface area contributed by atoms with Crippen molar-refractivity contribution in [3.05, 3.63) is 47.8 Å². The van der Waals surface area contributed by atoms with E-state index in [1.807, 2.05) is 13.1 Å². The number of amides is 1. The summed E-state index contributed by atoms with van der Waals surface area (Å²) in [6.45, 7) is -0.700. The summed E-state index contributed by atoms with van der Waals surface area (Å²) in [4.78, 5) is 12.8. The molecule has 0 spiro atoms. The fourth-order valence-electron chi connectivity index (χ4n) is 4.50. The Labute approximate surface area is 219 Å². The Morgan fingerprint density at radius 2 is 1.95 bits per heavy atom. The average molecular weight is 542 g/mol. The minimum Gasteiger partial charge on any atom is -0.496 e. The van der Waals surface area contributed by atoms with Crippen LogP contribution in [0.15, 0.2) is 36.7 Å². The first-order valence-electron chi connectivity index (χ1n) is 11.9. The Morgan fingerprint density at radius 3 is 2.54 bits per heavy atom. The van der Waals surface area contributed by atoms with Crippen LogP contribution in [-0.2, 0) is 13.6 Å². The molecule has 0 bridgehead atoms. The van der Waals surface area contributed by atoms with Crippen LogP contribution in [0.5, 0.6) is 11.5 Å². The van der Waals surface area contributed by atoms with Gasteiger partial charge in [0.15, 0.2) is 0 Å². The van der Waals surface area contributed by atoms with Crippen molar-refractivity contribution in [1.29, 1.82) is 5.26 Å². The molecule has 1 amide bonds. The van der Waals surface area contributed by atoms with Gasteiger partial charge < -0.3 is 14.8 Å². The SMILES string of the molecule is CCn1cc(-c2cc(C#N)c3c(-c4cc(OC)c(C(=O)N[C@@H]5CC5(F)F)c(OC(F)F)c4)n(C)nc3c2)cn1. The van der Waals surface area contributed by atoms with Crippen molar-refractivity contribution in [2.24, 2.45) is 7.05 Å². The van der Waals surface area contributed by atoms with Gasteiger partial charge in [-0.25, -0.2) is 8.78 Å². The van der Waals surface area contributed by atoms with Gasteiger partial charge in [-0.1, -0.05) is 0 Å². The van der Waals surface area contributed by atoms with Crippen LogP contribution in [0.2, 0.25) is 0 Å². The standard InChI is InChI=1S/C26H22F4N6O3/c1-4-36-12-16(11-32-36)13-5-15(10-31)21-17(6-13)34-35(2)23(21)14-7-18(38-3)22(19(8-14)39-25(27)28)24(37)33-20-9-26(20,29)30/h5-8,11-12,20,25H,4,9H2,1-3H3,(H,33,37)/t20-/m1/s1. The number of methoxy groups -OCH3 is 1. The molecule has 39 heavy (non-hydrogen) atoms. The number of hydrogen-bond donors (Lipinski definition) is 1. The van der Waals surface area contributed by atoms with Crippen LogP contribution in [0, 0.1) is 11.3 Å². The predicted octanol–water partition coefficient (Wildman–Crippen LogP) is 4.74. The molecule has 1 atom stereocenters. The molecule has 2 heterocycles. The zero-order chi connectivity index (χ0) is 28.1. The van der Waals surface area contributed by atoms with E-state index in [9.17, 15) is 27.6 Å². The number of nitrogens with zero attached hydrogens (tertiary/aromatic N) is 5. The van der Waals surface area contributed by atoms with Gasteiger partial charge in [0.2, 0.25) is 0 Å². The van der Waals surface area contributed by atoms with Gasteiger partial charge in [0.25, 0.3) is 11.8 Å². The summed E-state index contributed by atoms with van der Waals surface area (Å²) in [5.74, 6) is -4.86. The monoisotopic (exact) mass is 542 g/mol. The smallest absolute Gasteiger partial charge is 0.387 e. The highest BCUT2D eigenvalue weighted by Crippen LogP contribution is 2.43. The normalized spacial score (nSPS) is 15.8. The van der Waals surface area contributed by atoms with Gasteiger partial charge in [-0.05, 0) is 36.8 Å². The van der Waals surface area contributed by atoms with E-state index in [1.54, 1.807) is 30.1 Å². The first-order chi connectivity index (χ1) is 18.6. The van der Waals surface area contributed by atoms with Crippen LogP contribution in [0.4, 0.5) is 17.6 Å². The van der Waals surface area contributed by atoms with E-state index >= 15 is 0 Å². The van der Waals surface area contributed by atoms with Crippen LogP contribution >= 0.6 is 0 Å². The molecule has 1 saturated carbocycles. The lowest BCUT2D eigenvalue weighted by molar-refractivity contribution is -0.0502. The molecule has 2 aromatic heterocycles. The Kier molecular flexibility index (Phi) is 6.41. The first-order valence-corrected chi connectivity index (χ1v) is 11.9. The van der Waals surface area contributed by atoms with E-state index in [4.69, 9.17) is 4.74 Å². The summed E-state index contributed by atoms with van der Waals surface area (Å²) in [6, 6.07) is 6.77. The minimum atomic E-state index is -3.32. The second kappa shape index (κ2) is 9.61. The maximum atomic E-state index is 13.4. The number of aryl methyl sites for hydroxylation is 2. The third kappa shape index (κ3) is 4.73. The molecule has 0 aliphatic heterocycles. The number of nitriles is 1. The molecule has 2 aromatic carbocycles. The minimum absolute atomic E-state index is 0.180. The van der Waals surface area contributed by atoms with Gasteiger partial charge in [-0.2, -0.15) is 24.2 Å². The van der Waals surface area contributed by atoms with E-state index in [2.05, 4.69) is 26.3 Å². The molecular weight excluding hydrogens is 520 g/mol. The Hall–Kier alpha value is -4.60. The van der Waals surface area contributed by atoms with Crippen molar-refractivity contribution >= 4 is 16.8 Å². The molecule has 202 valence electrons. The van der Waals surface area contributed by atoms with Gasteiger partial charge in [0.1, 0.15) is 17.1 Å². The predicted molar refractivity (Wildman–Crippen MR) is 132 cm³/mol. The highest BCUT2D eigenvalue weighted by molar-refractivity contribution is 6.03. The molecule has 0 unspecified atom stereocenters. The summed E-state index contributed by atoms with van der Waals surface area (Å²) in [5, 5.41) is 21.3. The molecular formula is C26H22F4N6O3. The van der Waals surface area contributed by atoms with Gasteiger partial charge >= 0.3 is 6.61 Å². The number of fused-ring (bicyclic) bond motifs is 1. The lowest BCUT2D eigenvalue weighted by Gasteiger charge is -2.17. The number of alkyl halides is 4.